The summed E-state index contributed by atoms with van der Waals surface area (Å²) in [6, 6.07) is 3.72. The molecule has 1 atom stereocenters. The van der Waals surface area contributed by atoms with Crippen LogP contribution in [0.3, 0.4) is 0 Å². The Kier molecular flexibility index (Phi) is 5.75. The Bertz CT molecular complexity index is 430. The van der Waals surface area contributed by atoms with Crippen LogP contribution in [0.1, 0.15) is 29.7 Å². The molecule has 0 radical (unpaired) electrons. The molecule has 0 saturated carbocycles. The molecule has 0 bridgehead atoms. The third-order valence-corrected chi connectivity index (χ3v) is 2.77. The van der Waals surface area contributed by atoms with Gasteiger partial charge >= 0.3 is 5.97 Å². The zero-order valence-electron chi connectivity index (χ0n) is 10.3. The average Bonchev–Trinajstić information content (AvgIpc) is 2.25. The fourth-order valence-corrected chi connectivity index (χ4v) is 1.59. The number of halogens is 1. The van der Waals surface area contributed by atoms with Crippen molar-refractivity contribution in [3.8, 4) is 0 Å². The quantitative estimate of drug-likeness (QED) is 0.513. The van der Waals surface area contributed by atoms with E-state index < -0.39 is 5.97 Å². The number of rotatable bonds is 3. The molecule has 1 aromatic carbocycles. The van der Waals surface area contributed by atoms with E-state index in [1.165, 1.54) is 0 Å². The molecule has 1 unspecified atom stereocenters. The molecule has 0 fully saturated rings. The maximum absolute atomic E-state index is 11.1. The number of hydrogen-bond acceptors (Lipinski definition) is 3. The minimum absolute atomic E-state index is 0. The molecule has 94 valence electrons. The van der Waals surface area contributed by atoms with Gasteiger partial charge in [0.05, 0.1) is 0 Å². The predicted molar refractivity (Wildman–Crippen MR) is 72.3 cm³/mol. The summed E-state index contributed by atoms with van der Waals surface area (Å²) in [6.07, 6.45) is 0.875. The van der Waals surface area contributed by atoms with Crippen LogP contribution >= 0.6 is 12.4 Å². The van der Waals surface area contributed by atoms with Crippen LogP contribution in [-0.4, -0.2) is 5.97 Å². The minimum atomic E-state index is -0.415. The Balaban J connectivity index is 0.00000256. The third kappa shape index (κ3) is 3.49. The topological polar surface area (TPSA) is 52.3 Å². The maximum Gasteiger partial charge on any atom is 0.330 e. The molecule has 2 N–H and O–H groups in total. The van der Waals surface area contributed by atoms with Gasteiger partial charge in [-0.15, -0.1) is 12.4 Å². The maximum atomic E-state index is 11.1. The second-order valence-electron chi connectivity index (χ2n) is 3.78. The lowest BCUT2D eigenvalue weighted by Gasteiger charge is -2.17. The first-order valence-electron chi connectivity index (χ1n) is 5.16. The molecule has 1 rings (SSSR count). The summed E-state index contributed by atoms with van der Waals surface area (Å²) in [5.74, 6) is -0.415. The number of anilines is 1. The largest absolute Gasteiger partial charge is 0.455 e. The van der Waals surface area contributed by atoms with Gasteiger partial charge in [-0.05, 0) is 43.5 Å². The Labute approximate surface area is 108 Å². The van der Waals surface area contributed by atoms with Gasteiger partial charge in [0.15, 0.2) is 0 Å². The van der Waals surface area contributed by atoms with Crippen LogP contribution in [0.4, 0.5) is 5.69 Å². The average molecular weight is 256 g/mol. The standard InChI is InChI=1S/C13H17NO2.ClH/c1-5-13(15)16-10(4)11-6-7-12(14)9(3)8(11)2;/h5-7,10H,1,14H2,2-4H3;1H. The lowest BCUT2D eigenvalue weighted by Crippen LogP contribution is -2.08. The molecule has 0 amide bonds. The summed E-state index contributed by atoms with van der Waals surface area (Å²) in [6.45, 7) is 9.13. The summed E-state index contributed by atoms with van der Waals surface area (Å²) in [4.78, 5) is 11.1. The van der Waals surface area contributed by atoms with Gasteiger partial charge in [0.1, 0.15) is 6.10 Å². The predicted octanol–water partition coefficient (Wildman–Crippen LogP) is 3.10. The van der Waals surface area contributed by atoms with E-state index in [0.29, 0.717) is 0 Å². The monoisotopic (exact) mass is 255 g/mol. The second kappa shape index (κ2) is 6.30. The lowest BCUT2D eigenvalue weighted by molar-refractivity contribution is -0.142. The Morgan fingerprint density at radius 1 is 1.41 bits per heavy atom. The van der Waals surface area contributed by atoms with Crippen molar-refractivity contribution >= 4 is 24.1 Å². The molecule has 0 aromatic heterocycles. The highest BCUT2D eigenvalue weighted by Gasteiger charge is 2.13. The van der Waals surface area contributed by atoms with Gasteiger partial charge in [-0.1, -0.05) is 12.6 Å². The number of benzene rings is 1. The number of esters is 1. The first kappa shape index (κ1) is 15.5. The minimum Gasteiger partial charge on any atom is -0.455 e. The van der Waals surface area contributed by atoms with E-state index in [1.54, 1.807) is 0 Å². The Morgan fingerprint density at radius 3 is 2.53 bits per heavy atom. The number of carbonyl (C=O) groups excluding carboxylic acids is 1. The molecule has 0 heterocycles. The molecule has 17 heavy (non-hydrogen) atoms. The summed E-state index contributed by atoms with van der Waals surface area (Å²) in [5, 5.41) is 0. The molecule has 3 nitrogen and oxygen atoms in total. The van der Waals surface area contributed by atoms with Crippen LogP contribution < -0.4 is 5.73 Å². The van der Waals surface area contributed by atoms with Crippen molar-refractivity contribution in [3.63, 3.8) is 0 Å². The van der Waals surface area contributed by atoms with Gasteiger partial charge in [-0.2, -0.15) is 0 Å². The molecule has 0 aliphatic heterocycles. The lowest BCUT2D eigenvalue weighted by atomic mass is 9.98. The number of hydrogen-bond donors (Lipinski definition) is 1. The van der Waals surface area contributed by atoms with E-state index in [1.807, 2.05) is 32.9 Å². The van der Waals surface area contributed by atoms with Crippen molar-refractivity contribution in [1.29, 1.82) is 0 Å². The van der Waals surface area contributed by atoms with Gasteiger partial charge in [0.2, 0.25) is 0 Å². The molecule has 0 aliphatic rings. The van der Waals surface area contributed by atoms with Gasteiger partial charge < -0.3 is 10.5 Å². The SMILES string of the molecule is C=CC(=O)OC(C)c1ccc(N)c(C)c1C.Cl. The fraction of sp³-hybridized carbons (Fsp3) is 0.308. The van der Waals surface area contributed by atoms with Crippen LogP contribution in [0.25, 0.3) is 0 Å². The third-order valence-electron chi connectivity index (χ3n) is 2.77. The van der Waals surface area contributed by atoms with E-state index in [-0.39, 0.29) is 18.5 Å². The molecule has 4 heteroatoms. The first-order valence-corrected chi connectivity index (χ1v) is 5.16. The van der Waals surface area contributed by atoms with E-state index >= 15 is 0 Å². The van der Waals surface area contributed by atoms with Crippen LogP contribution in [0.5, 0.6) is 0 Å². The summed E-state index contributed by atoms with van der Waals surface area (Å²) >= 11 is 0. The molecule has 1 aromatic rings. The van der Waals surface area contributed by atoms with Gasteiger partial charge in [0, 0.05) is 11.8 Å². The van der Waals surface area contributed by atoms with E-state index in [9.17, 15) is 4.79 Å². The van der Waals surface area contributed by atoms with E-state index in [2.05, 4.69) is 6.58 Å². The number of nitrogen functional groups attached to an aromatic ring is 1. The van der Waals surface area contributed by atoms with E-state index in [0.717, 1.165) is 28.5 Å². The van der Waals surface area contributed by atoms with E-state index in [4.69, 9.17) is 10.5 Å². The van der Waals surface area contributed by atoms with Crippen molar-refractivity contribution in [2.24, 2.45) is 0 Å². The smallest absolute Gasteiger partial charge is 0.330 e. The summed E-state index contributed by atoms with van der Waals surface area (Å²) in [5.41, 5.74) is 9.61. The fourth-order valence-electron chi connectivity index (χ4n) is 1.59. The number of nitrogens with two attached hydrogens (primary N) is 1. The second-order valence-corrected chi connectivity index (χ2v) is 3.78. The highest BCUT2D eigenvalue weighted by Crippen LogP contribution is 2.26. The van der Waals surface area contributed by atoms with Crippen LogP contribution in [0.15, 0.2) is 24.8 Å². The van der Waals surface area contributed by atoms with Crippen molar-refractivity contribution in [1.82, 2.24) is 0 Å². The van der Waals surface area contributed by atoms with Crippen LogP contribution in [0, 0.1) is 13.8 Å². The zero-order chi connectivity index (χ0) is 12.3. The first-order chi connectivity index (χ1) is 7.47. The van der Waals surface area contributed by atoms with Crippen molar-refractivity contribution in [3.05, 3.63) is 41.5 Å². The highest BCUT2D eigenvalue weighted by atomic mass is 35.5. The molecular weight excluding hydrogens is 238 g/mol. The normalized spacial score (nSPS) is 11.2. The molecular formula is C13H18ClNO2. The molecule has 0 saturated heterocycles. The molecule has 0 aliphatic carbocycles. The number of ether oxygens (including phenoxy) is 1. The van der Waals surface area contributed by atoms with Gasteiger partial charge in [-0.3, -0.25) is 0 Å². The zero-order valence-corrected chi connectivity index (χ0v) is 11.1. The highest BCUT2D eigenvalue weighted by molar-refractivity contribution is 5.85. The van der Waals surface area contributed by atoms with Crippen molar-refractivity contribution in [2.75, 3.05) is 5.73 Å². The summed E-state index contributed by atoms with van der Waals surface area (Å²) < 4.78 is 5.16. The Morgan fingerprint density at radius 2 is 2.00 bits per heavy atom. The van der Waals surface area contributed by atoms with Gasteiger partial charge in [-0.25, -0.2) is 4.79 Å². The molecule has 0 spiro atoms. The van der Waals surface area contributed by atoms with Crippen molar-refractivity contribution in [2.45, 2.75) is 26.9 Å². The summed E-state index contributed by atoms with van der Waals surface area (Å²) in [7, 11) is 0. The van der Waals surface area contributed by atoms with Crippen LogP contribution in [-0.2, 0) is 9.53 Å². The Hall–Kier alpha value is -1.48. The van der Waals surface area contributed by atoms with Gasteiger partial charge in [0.25, 0.3) is 0 Å². The number of carbonyl (C=O) groups is 1. The van der Waals surface area contributed by atoms with Crippen molar-refractivity contribution < 1.29 is 9.53 Å². The van der Waals surface area contributed by atoms with Crippen LogP contribution in [0.2, 0.25) is 0 Å².